The molecule has 19 heavy (non-hydrogen) atoms. The Labute approximate surface area is 123 Å². The van der Waals surface area contributed by atoms with Crippen LogP contribution in [0.4, 0.5) is 0 Å². The zero-order valence-corrected chi connectivity index (χ0v) is 12.8. The van der Waals surface area contributed by atoms with Gasteiger partial charge in [-0.1, -0.05) is 45.9 Å². The number of thioether (sulfide) groups is 1. The lowest BCUT2D eigenvalue weighted by Crippen LogP contribution is -2.05. The highest BCUT2D eigenvalue weighted by atomic mass is 33.1. The van der Waals surface area contributed by atoms with E-state index in [4.69, 9.17) is 0 Å². The Morgan fingerprint density at radius 2 is 0.895 bits per heavy atom. The zero-order valence-electron chi connectivity index (χ0n) is 10.4. The van der Waals surface area contributed by atoms with Crippen LogP contribution in [0.5, 0.6) is 0 Å². The molecule has 2 aromatic rings. The molecule has 5 rings (SSSR count). The molecule has 94 valence electrons. The van der Waals surface area contributed by atoms with Gasteiger partial charge in [-0.2, -0.15) is 11.8 Å². The number of rotatable bonds is 0. The van der Waals surface area contributed by atoms with Crippen molar-refractivity contribution in [3.8, 4) is 0 Å². The van der Waals surface area contributed by atoms with Crippen LogP contribution >= 0.6 is 33.3 Å². The van der Waals surface area contributed by atoms with Crippen molar-refractivity contribution in [3.05, 3.63) is 67.4 Å². The zero-order chi connectivity index (χ0) is 12.4. The fourth-order valence-corrected chi connectivity index (χ4v) is 6.61. The van der Waals surface area contributed by atoms with Crippen LogP contribution in [-0.2, 0) is 23.0 Å². The average molecular weight is 300 g/mol. The van der Waals surface area contributed by atoms with Crippen LogP contribution in [0.3, 0.4) is 0 Å². The van der Waals surface area contributed by atoms with Gasteiger partial charge in [0.2, 0.25) is 0 Å². The van der Waals surface area contributed by atoms with E-state index in [9.17, 15) is 0 Å². The molecule has 0 nitrogen and oxygen atoms in total. The van der Waals surface area contributed by atoms with Gasteiger partial charge in [0.25, 0.3) is 0 Å². The van der Waals surface area contributed by atoms with E-state index in [1.807, 2.05) is 21.6 Å². The molecule has 0 aromatic heterocycles. The maximum absolute atomic E-state index is 2.37. The second kappa shape index (κ2) is 4.00. The molecule has 0 unspecified atom stereocenters. The third-order valence-electron chi connectivity index (χ3n) is 4.28. The Bertz CT molecular complexity index is 826. The van der Waals surface area contributed by atoms with E-state index in [2.05, 4.69) is 36.0 Å². The maximum atomic E-state index is 2.37. The number of benzene rings is 2. The molecule has 0 N–H and O–H groups in total. The molecule has 3 aliphatic rings. The van der Waals surface area contributed by atoms with Crippen LogP contribution < -0.4 is 0 Å². The summed E-state index contributed by atoms with van der Waals surface area (Å²) in [5.41, 5.74) is 6.22. The Balaban J connectivity index is 2.10. The predicted octanol–water partition coefficient (Wildman–Crippen LogP) is 4.72. The lowest BCUT2D eigenvalue weighted by molar-refractivity contribution is 1.13. The highest BCUT2D eigenvalue weighted by Gasteiger charge is 2.20. The molecular formula is C16H12S3. The summed E-state index contributed by atoms with van der Waals surface area (Å²) in [6.45, 7) is 0. The van der Waals surface area contributed by atoms with Gasteiger partial charge in [0.05, 0.1) is 0 Å². The van der Waals surface area contributed by atoms with Crippen molar-refractivity contribution in [2.24, 2.45) is 0 Å². The quantitative estimate of drug-likeness (QED) is 0.552. The summed E-state index contributed by atoms with van der Waals surface area (Å²) in [5, 5.41) is 6.39. The Morgan fingerprint density at radius 1 is 0.526 bits per heavy atom. The molecule has 0 fully saturated rings. The van der Waals surface area contributed by atoms with Gasteiger partial charge in [0.15, 0.2) is 0 Å². The first kappa shape index (κ1) is 11.2. The molecule has 2 aromatic carbocycles. The van der Waals surface area contributed by atoms with E-state index < -0.39 is 0 Å². The fourth-order valence-electron chi connectivity index (χ4n) is 3.42. The molecule has 3 heteroatoms. The van der Waals surface area contributed by atoms with Gasteiger partial charge in [-0.05, 0) is 43.1 Å². The minimum atomic E-state index is 1.16. The van der Waals surface area contributed by atoms with Crippen molar-refractivity contribution in [2.75, 3.05) is 0 Å². The summed E-state index contributed by atoms with van der Waals surface area (Å²) in [6.07, 6.45) is 0. The van der Waals surface area contributed by atoms with Crippen molar-refractivity contribution in [3.63, 3.8) is 0 Å². The molecule has 1 aliphatic carbocycles. The highest BCUT2D eigenvalue weighted by molar-refractivity contribution is 8.76. The second-order valence-electron chi connectivity index (χ2n) is 5.28. The summed E-state index contributed by atoms with van der Waals surface area (Å²) >= 11 is 2.06. The van der Waals surface area contributed by atoms with Crippen LogP contribution in [0.25, 0.3) is 0 Å². The normalized spacial score (nSPS) is 18.1. The summed E-state index contributed by atoms with van der Waals surface area (Å²) < 4.78 is 0. The van der Waals surface area contributed by atoms with E-state index in [-0.39, 0.29) is 0 Å². The first-order valence-electron chi connectivity index (χ1n) is 6.56. The first-order chi connectivity index (χ1) is 9.43. The molecule has 0 bridgehead atoms. The topological polar surface area (TPSA) is 0 Å². The van der Waals surface area contributed by atoms with E-state index in [0.29, 0.717) is 0 Å². The standard InChI is InChI=1S/C16H12S3/c1-3-11-7-18-19-8-12-4-2-10-6-17-5-9(1)13-14(10)16(12)15(11)13/h1-4H,5-8H2. The molecular weight excluding hydrogens is 288 g/mol. The largest absolute Gasteiger partial charge is 0.152 e. The monoisotopic (exact) mass is 300 g/mol. The molecule has 2 aliphatic heterocycles. The summed E-state index contributed by atoms with van der Waals surface area (Å²) in [6, 6.07) is 9.49. The average Bonchev–Trinajstić information content (AvgIpc) is 2.56. The first-order valence-corrected chi connectivity index (χ1v) is 10.2. The number of hydrogen-bond acceptors (Lipinski definition) is 3. The summed E-state index contributed by atoms with van der Waals surface area (Å²) in [5.74, 6) is 4.66. The van der Waals surface area contributed by atoms with E-state index >= 15 is 0 Å². The van der Waals surface area contributed by atoms with E-state index in [0.717, 1.165) is 11.5 Å². The molecule has 0 saturated heterocycles. The minimum absolute atomic E-state index is 1.16. The van der Waals surface area contributed by atoms with Gasteiger partial charge in [0, 0.05) is 23.0 Å². The van der Waals surface area contributed by atoms with Gasteiger partial charge in [-0.15, -0.1) is 0 Å². The van der Waals surface area contributed by atoms with Gasteiger partial charge < -0.3 is 0 Å². The van der Waals surface area contributed by atoms with Crippen molar-refractivity contribution in [1.82, 2.24) is 0 Å². The molecule has 0 radical (unpaired) electrons. The van der Waals surface area contributed by atoms with Gasteiger partial charge >= 0.3 is 0 Å². The smallest absolute Gasteiger partial charge is 0.0295 e. The van der Waals surface area contributed by atoms with Gasteiger partial charge in [-0.25, -0.2) is 0 Å². The Kier molecular flexibility index (Phi) is 2.35. The van der Waals surface area contributed by atoms with Crippen molar-refractivity contribution < 1.29 is 0 Å². The van der Waals surface area contributed by atoms with Crippen molar-refractivity contribution >= 4 is 33.3 Å². The Hall–Kier alpha value is -0.510. The van der Waals surface area contributed by atoms with Gasteiger partial charge in [-0.3, -0.25) is 0 Å². The van der Waals surface area contributed by atoms with Crippen LogP contribution in [0.15, 0.2) is 24.3 Å². The minimum Gasteiger partial charge on any atom is -0.152 e. The third kappa shape index (κ3) is 1.41. The van der Waals surface area contributed by atoms with Crippen LogP contribution in [0, 0.1) is 20.9 Å². The summed E-state index contributed by atoms with van der Waals surface area (Å²) in [7, 11) is 4.01. The number of hydrogen-bond donors (Lipinski definition) is 0. The molecule has 2 heterocycles. The lowest BCUT2D eigenvalue weighted by atomic mass is 9.90. The van der Waals surface area contributed by atoms with Crippen LogP contribution in [0.2, 0.25) is 0 Å². The maximum Gasteiger partial charge on any atom is 0.0295 e. The molecule has 0 spiro atoms. The van der Waals surface area contributed by atoms with E-state index in [1.165, 1.54) is 11.5 Å². The van der Waals surface area contributed by atoms with Crippen LogP contribution in [-0.4, -0.2) is 0 Å². The molecule has 0 atom stereocenters. The van der Waals surface area contributed by atoms with E-state index in [1.54, 1.807) is 43.1 Å². The predicted molar refractivity (Wildman–Crippen MR) is 85.8 cm³/mol. The second-order valence-corrected chi connectivity index (χ2v) is 8.73. The fraction of sp³-hybridized carbons (Fsp3) is 0.250. The SMILES string of the molecule is c1cc2c3c4c1CSCc1ccc(c=3c1=4)CSSC2. The highest BCUT2D eigenvalue weighted by Crippen LogP contribution is 2.38. The lowest BCUT2D eigenvalue weighted by Gasteiger charge is -2.18. The summed E-state index contributed by atoms with van der Waals surface area (Å²) in [4.78, 5) is 0. The van der Waals surface area contributed by atoms with Gasteiger partial charge in [0.1, 0.15) is 0 Å². The van der Waals surface area contributed by atoms with Crippen molar-refractivity contribution in [1.29, 1.82) is 0 Å². The molecule has 0 amide bonds. The van der Waals surface area contributed by atoms with Crippen LogP contribution in [0.1, 0.15) is 22.3 Å². The molecule has 0 saturated carbocycles. The Morgan fingerprint density at radius 3 is 1.32 bits per heavy atom. The third-order valence-corrected chi connectivity index (χ3v) is 7.54. The van der Waals surface area contributed by atoms with Crippen molar-refractivity contribution in [2.45, 2.75) is 23.0 Å².